The molecule has 0 unspecified atom stereocenters. The molecule has 0 aliphatic carbocycles. The van der Waals surface area contributed by atoms with Gasteiger partial charge >= 0.3 is 0 Å². The highest BCUT2D eigenvalue weighted by molar-refractivity contribution is 7.09. The molecule has 0 saturated heterocycles. The second-order valence-electron chi connectivity index (χ2n) is 8.10. The quantitative estimate of drug-likeness (QED) is 0.458. The summed E-state index contributed by atoms with van der Waals surface area (Å²) in [6, 6.07) is 9.57. The van der Waals surface area contributed by atoms with Gasteiger partial charge in [-0.1, -0.05) is 6.07 Å². The van der Waals surface area contributed by atoms with Gasteiger partial charge in [-0.25, -0.2) is 0 Å². The number of carbonyl (C=O) groups excluding carboxylic acids is 1. The summed E-state index contributed by atoms with van der Waals surface area (Å²) in [5.41, 5.74) is 2.94. The minimum Gasteiger partial charge on any atom is -0.496 e. The second-order valence-corrected chi connectivity index (χ2v) is 9.14. The third-order valence-electron chi connectivity index (χ3n) is 5.97. The van der Waals surface area contributed by atoms with E-state index < -0.39 is 0 Å². The van der Waals surface area contributed by atoms with E-state index in [-0.39, 0.29) is 11.5 Å². The van der Waals surface area contributed by atoms with Gasteiger partial charge in [0, 0.05) is 29.6 Å². The summed E-state index contributed by atoms with van der Waals surface area (Å²) in [7, 11) is 4.69. The fraction of sp³-hybridized carbons (Fsp3) is 0.269. The average molecular weight is 480 g/mol. The number of ketones is 1. The van der Waals surface area contributed by atoms with Crippen molar-refractivity contribution < 1.29 is 28.5 Å². The summed E-state index contributed by atoms with van der Waals surface area (Å²) in [6.45, 7) is 3.81. The number of nitrogens with zero attached hydrogens (tertiary/aromatic N) is 1. The lowest BCUT2D eigenvalue weighted by Gasteiger charge is -2.29. The molecular formula is C26H25NO6S. The van der Waals surface area contributed by atoms with Crippen LogP contribution in [0, 0.1) is 6.92 Å². The maximum Gasteiger partial charge on any atom is 0.232 e. The Bertz CT molecular complexity index is 1280. The third kappa shape index (κ3) is 3.89. The average Bonchev–Trinajstić information content (AvgIpc) is 3.47. The van der Waals surface area contributed by atoms with Gasteiger partial charge in [0.05, 0.1) is 32.5 Å². The Kier molecular flexibility index (Phi) is 5.93. The van der Waals surface area contributed by atoms with Crippen molar-refractivity contribution in [3.8, 4) is 28.7 Å². The SMILES string of the molecule is COc1cc(OC)c(OC)cc1/C=C1\Oc2c3c(cc(C)c2C1=O)OCN(Cc1cccs1)C3. The lowest BCUT2D eigenvalue weighted by atomic mass is 9.98. The van der Waals surface area contributed by atoms with Crippen molar-refractivity contribution in [1.82, 2.24) is 4.90 Å². The molecule has 5 rings (SSSR count). The number of fused-ring (bicyclic) bond motifs is 3. The highest BCUT2D eigenvalue weighted by atomic mass is 32.1. The normalized spacial score (nSPS) is 16.0. The molecule has 0 bridgehead atoms. The predicted octanol–water partition coefficient (Wildman–Crippen LogP) is 5.05. The van der Waals surface area contributed by atoms with Crippen LogP contribution in [-0.2, 0) is 13.1 Å². The van der Waals surface area contributed by atoms with Crippen LogP contribution >= 0.6 is 11.3 Å². The minimum absolute atomic E-state index is 0.164. The van der Waals surface area contributed by atoms with Gasteiger partial charge in [0.2, 0.25) is 5.78 Å². The summed E-state index contributed by atoms with van der Waals surface area (Å²) < 4.78 is 28.5. The Morgan fingerprint density at radius 3 is 2.56 bits per heavy atom. The number of thiophene rings is 1. The van der Waals surface area contributed by atoms with Crippen molar-refractivity contribution in [3.05, 3.63) is 68.6 Å². The number of methoxy groups -OCH3 is 3. The van der Waals surface area contributed by atoms with Crippen LogP contribution < -0.4 is 23.7 Å². The molecule has 2 aliphatic heterocycles. The minimum atomic E-state index is -0.164. The molecule has 0 radical (unpaired) electrons. The number of hydrogen-bond donors (Lipinski definition) is 0. The zero-order chi connectivity index (χ0) is 23.8. The zero-order valence-corrected chi connectivity index (χ0v) is 20.3. The van der Waals surface area contributed by atoms with Crippen LogP contribution in [0.3, 0.4) is 0 Å². The van der Waals surface area contributed by atoms with Gasteiger partial charge in [0.1, 0.15) is 24.0 Å². The van der Waals surface area contributed by atoms with Crippen molar-refractivity contribution >= 4 is 23.2 Å². The van der Waals surface area contributed by atoms with Crippen LogP contribution in [0.15, 0.2) is 41.5 Å². The van der Waals surface area contributed by atoms with Gasteiger partial charge in [0.15, 0.2) is 17.3 Å². The highest BCUT2D eigenvalue weighted by Crippen LogP contribution is 2.45. The van der Waals surface area contributed by atoms with Gasteiger partial charge in [-0.15, -0.1) is 11.3 Å². The van der Waals surface area contributed by atoms with Crippen molar-refractivity contribution in [2.45, 2.75) is 20.0 Å². The molecule has 3 heterocycles. The molecule has 0 amide bonds. The molecule has 0 spiro atoms. The van der Waals surface area contributed by atoms with Crippen molar-refractivity contribution in [1.29, 1.82) is 0 Å². The van der Waals surface area contributed by atoms with E-state index in [9.17, 15) is 4.79 Å². The monoisotopic (exact) mass is 479 g/mol. The third-order valence-corrected chi connectivity index (χ3v) is 6.83. The smallest absolute Gasteiger partial charge is 0.232 e. The molecule has 7 nitrogen and oxygen atoms in total. The fourth-order valence-electron chi connectivity index (χ4n) is 4.31. The van der Waals surface area contributed by atoms with Gasteiger partial charge in [-0.2, -0.15) is 0 Å². The number of ether oxygens (including phenoxy) is 5. The number of Topliss-reactive ketones (excluding diaryl/α,β-unsaturated/α-hetero) is 1. The summed E-state index contributed by atoms with van der Waals surface area (Å²) in [6.07, 6.45) is 1.68. The lowest BCUT2D eigenvalue weighted by molar-refractivity contribution is 0.0881. The summed E-state index contributed by atoms with van der Waals surface area (Å²) in [5, 5.41) is 2.07. The van der Waals surface area contributed by atoms with Crippen LogP contribution in [0.2, 0.25) is 0 Å². The second kappa shape index (κ2) is 9.04. The Balaban J connectivity index is 1.51. The molecular weight excluding hydrogens is 454 g/mol. The maximum atomic E-state index is 13.4. The Labute approximate surface area is 202 Å². The number of aryl methyl sites for hydroxylation is 1. The molecule has 0 fully saturated rings. The first-order chi connectivity index (χ1) is 16.5. The van der Waals surface area contributed by atoms with E-state index in [1.54, 1.807) is 50.9 Å². The predicted molar refractivity (Wildman–Crippen MR) is 129 cm³/mol. The first-order valence-electron chi connectivity index (χ1n) is 10.8. The fourth-order valence-corrected chi connectivity index (χ4v) is 5.05. The van der Waals surface area contributed by atoms with E-state index in [0.29, 0.717) is 47.4 Å². The molecule has 176 valence electrons. The standard InChI is InChI=1S/C26H25NO6S/c1-15-8-20-18(13-27(14-32-20)12-17-6-5-7-34-17)26-24(15)25(28)23(33-26)10-16-9-21(30-3)22(31-4)11-19(16)29-2/h5-11H,12-14H2,1-4H3/b23-10-. The largest absolute Gasteiger partial charge is 0.496 e. The zero-order valence-electron chi connectivity index (χ0n) is 19.5. The van der Waals surface area contributed by atoms with Crippen LogP contribution in [-0.4, -0.2) is 38.7 Å². The first-order valence-corrected chi connectivity index (χ1v) is 11.7. The molecule has 0 N–H and O–H groups in total. The number of carbonyl (C=O) groups is 1. The van der Waals surface area contributed by atoms with Crippen molar-refractivity contribution in [3.63, 3.8) is 0 Å². The number of rotatable bonds is 6. The van der Waals surface area contributed by atoms with E-state index in [4.69, 9.17) is 23.7 Å². The number of benzene rings is 2. The van der Waals surface area contributed by atoms with E-state index in [1.165, 1.54) is 4.88 Å². The van der Waals surface area contributed by atoms with Crippen molar-refractivity contribution in [2.24, 2.45) is 0 Å². The molecule has 1 aromatic heterocycles. The number of allylic oxidation sites excluding steroid dienone is 1. The molecule has 3 aromatic rings. The molecule has 8 heteroatoms. The number of hydrogen-bond acceptors (Lipinski definition) is 8. The summed E-state index contributed by atoms with van der Waals surface area (Å²) >= 11 is 1.71. The van der Waals surface area contributed by atoms with Gasteiger partial charge in [0.25, 0.3) is 0 Å². The summed E-state index contributed by atoms with van der Waals surface area (Å²) in [4.78, 5) is 16.8. The first kappa shape index (κ1) is 22.3. The van der Waals surface area contributed by atoms with Gasteiger partial charge in [-0.3, -0.25) is 9.69 Å². The Morgan fingerprint density at radius 2 is 1.85 bits per heavy atom. The highest BCUT2D eigenvalue weighted by Gasteiger charge is 2.35. The molecule has 2 aliphatic rings. The molecule has 34 heavy (non-hydrogen) atoms. The molecule has 0 saturated carbocycles. The van der Waals surface area contributed by atoms with Gasteiger partial charge in [-0.05, 0) is 42.1 Å². The Hall–Kier alpha value is -3.49. The van der Waals surface area contributed by atoms with E-state index in [2.05, 4.69) is 16.3 Å². The lowest BCUT2D eigenvalue weighted by Crippen LogP contribution is -2.31. The molecule has 0 atom stereocenters. The van der Waals surface area contributed by atoms with Crippen LogP contribution in [0.5, 0.6) is 28.7 Å². The maximum absolute atomic E-state index is 13.4. The van der Waals surface area contributed by atoms with Crippen LogP contribution in [0.4, 0.5) is 0 Å². The van der Waals surface area contributed by atoms with Crippen LogP contribution in [0.25, 0.3) is 6.08 Å². The molecule has 2 aromatic carbocycles. The van der Waals surface area contributed by atoms with E-state index in [0.717, 1.165) is 23.4 Å². The topological polar surface area (TPSA) is 66.5 Å². The summed E-state index contributed by atoms with van der Waals surface area (Å²) in [5.74, 6) is 3.01. The van der Waals surface area contributed by atoms with E-state index >= 15 is 0 Å². The van der Waals surface area contributed by atoms with Crippen LogP contribution in [0.1, 0.15) is 31.9 Å². The van der Waals surface area contributed by atoms with E-state index in [1.807, 2.05) is 19.1 Å². The van der Waals surface area contributed by atoms with Crippen molar-refractivity contribution in [2.75, 3.05) is 28.1 Å². The van der Waals surface area contributed by atoms with Gasteiger partial charge < -0.3 is 23.7 Å². The Morgan fingerprint density at radius 1 is 1.09 bits per heavy atom.